The van der Waals surface area contributed by atoms with Gasteiger partial charge >= 0.3 is 11.9 Å². The first-order valence-electron chi connectivity index (χ1n) is 8.58. The molecule has 0 radical (unpaired) electrons. The number of oxime groups is 1. The maximum Gasteiger partial charge on any atom is 0.352 e. The fourth-order valence-corrected chi connectivity index (χ4v) is 4.95. The van der Waals surface area contributed by atoms with Crippen LogP contribution in [-0.4, -0.2) is 79.7 Å². The molecular weight excluding hydrogens is 454 g/mol. The number of nitrogens with zero attached hydrogens (tertiary/aromatic N) is 3. The maximum atomic E-state index is 12.7. The van der Waals surface area contributed by atoms with Crippen molar-refractivity contribution in [2.45, 2.75) is 18.3 Å². The summed E-state index contributed by atoms with van der Waals surface area (Å²) in [6.07, 6.45) is 0. The number of carbonyl (C=O) groups is 4. The smallest absolute Gasteiger partial charge is 0.352 e. The second-order valence-corrected chi connectivity index (χ2v) is 8.63. The number of amidine groups is 1. The number of carboxylic acid groups (broad SMARTS) is 1. The summed E-state index contributed by atoms with van der Waals surface area (Å²) in [6.45, 7) is 0.930. The van der Waals surface area contributed by atoms with Crippen molar-refractivity contribution in [1.29, 1.82) is 0 Å². The number of nitrogens with two attached hydrogens (primary N) is 1. The fourth-order valence-electron chi connectivity index (χ4n) is 2.95. The molecule has 0 aromatic carbocycles. The topological polar surface area (TPSA) is 190 Å². The predicted octanol–water partition coefficient (Wildman–Crippen LogP) is -1.79. The first-order chi connectivity index (χ1) is 14.6. The molecule has 166 valence electrons. The molecule has 3 atom stereocenters. The number of carboxylic acids is 1. The van der Waals surface area contributed by atoms with Crippen molar-refractivity contribution < 1.29 is 38.1 Å². The first kappa shape index (κ1) is 22.5. The number of thioether (sulfide) groups is 1. The summed E-state index contributed by atoms with van der Waals surface area (Å²) in [4.78, 5) is 57.5. The summed E-state index contributed by atoms with van der Waals surface area (Å²) in [5.74, 6) is -3.25. The third-order valence-corrected chi connectivity index (χ3v) is 6.56. The third-order valence-electron chi connectivity index (χ3n) is 4.28. The Hall–Kier alpha value is -3.20. The van der Waals surface area contributed by atoms with Gasteiger partial charge in [-0.3, -0.25) is 19.3 Å². The van der Waals surface area contributed by atoms with Crippen LogP contribution in [0.3, 0.4) is 0 Å². The number of aliphatic carboxylic acids is 1. The highest BCUT2D eigenvalue weighted by atomic mass is 32.2. The standard InChI is InChI=1S/C16H17N5O8S2/c1-6(22)29-3-7-4-30-14-10(13(24)21(14)11(7)15(25)26)19-12(23)9(20-28-2)8-5-31(27)16(17)18-8/h5,10,14H,3-4H2,1-2H3,(H2,17,18)(H,19,23)(H,25,26). The van der Waals surface area contributed by atoms with E-state index in [4.69, 9.17) is 10.5 Å². The van der Waals surface area contributed by atoms with Crippen LogP contribution < -0.4 is 11.1 Å². The Kier molecular flexibility index (Phi) is 6.45. The van der Waals surface area contributed by atoms with Gasteiger partial charge in [-0.2, -0.15) is 0 Å². The van der Waals surface area contributed by atoms with Gasteiger partial charge in [0.1, 0.15) is 47.3 Å². The minimum atomic E-state index is -1.71. The van der Waals surface area contributed by atoms with E-state index in [2.05, 4.69) is 20.3 Å². The Morgan fingerprint density at radius 3 is 2.74 bits per heavy atom. The zero-order valence-corrected chi connectivity index (χ0v) is 17.8. The van der Waals surface area contributed by atoms with Crippen LogP contribution in [0, 0.1) is 0 Å². The Morgan fingerprint density at radius 1 is 1.48 bits per heavy atom. The monoisotopic (exact) mass is 471 g/mol. The maximum absolute atomic E-state index is 12.7. The number of fused-ring (bicyclic) bond motifs is 1. The summed E-state index contributed by atoms with van der Waals surface area (Å²) in [7, 11) is -0.520. The lowest BCUT2D eigenvalue weighted by Gasteiger charge is -2.49. The normalized spacial score (nSPS) is 25.2. The number of hydrogen-bond donors (Lipinski definition) is 3. The Balaban J connectivity index is 1.78. The Morgan fingerprint density at radius 2 is 2.19 bits per heavy atom. The van der Waals surface area contributed by atoms with E-state index in [1.54, 1.807) is 0 Å². The molecule has 0 aromatic heterocycles. The summed E-state index contributed by atoms with van der Waals surface area (Å²) in [6, 6.07) is -1.04. The molecule has 1 fully saturated rings. The molecule has 3 aliphatic heterocycles. The van der Waals surface area contributed by atoms with Crippen LogP contribution in [0.25, 0.3) is 0 Å². The molecule has 0 saturated carbocycles. The number of β-lactam (4-membered cyclic amide) rings is 1. The van der Waals surface area contributed by atoms with Crippen LogP contribution in [0.15, 0.2) is 32.5 Å². The van der Waals surface area contributed by atoms with E-state index in [0.29, 0.717) is 0 Å². The number of hydrogen-bond acceptors (Lipinski definition) is 11. The van der Waals surface area contributed by atoms with Crippen molar-refractivity contribution in [3.8, 4) is 0 Å². The third kappa shape index (κ3) is 4.32. The molecule has 0 bridgehead atoms. The fraction of sp³-hybridized carbons (Fsp3) is 0.375. The molecule has 31 heavy (non-hydrogen) atoms. The van der Waals surface area contributed by atoms with Crippen molar-refractivity contribution in [1.82, 2.24) is 10.2 Å². The van der Waals surface area contributed by atoms with Crippen LogP contribution in [0.1, 0.15) is 6.92 Å². The minimum Gasteiger partial charge on any atom is -0.477 e. The molecule has 2 amide bonds. The van der Waals surface area contributed by atoms with E-state index in [1.807, 2.05) is 0 Å². The van der Waals surface area contributed by atoms with Crippen LogP contribution >= 0.6 is 11.8 Å². The number of nitrogens with one attached hydrogen (secondary N) is 1. The van der Waals surface area contributed by atoms with E-state index < -0.39 is 46.0 Å². The van der Waals surface area contributed by atoms with Gasteiger partial charge in [-0.05, 0) is 0 Å². The number of aliphatic imine (C=N–C) groups is 1. The van der Waals surface area contributed by atoms with E-state index in [-0.39, 0.29) is 40.2 Å². The van der Waals surface area contributed by atoms with Crippen LogP contribution in [0.5, 0.6) is 0 Å². The summed E-state index contributed by atoms with van der Waals surface area (Å²) in [5.41, 5.74) is 5.04. The van der Waals surface area contributed by atoms with Gasteiger partial charge in [0, 0.05) is 23.7 Å². The van der Waals surface area contributed by atoms with Crippen molar-refractivity contribution in [3.05, 3.63) is 22.4 Å². The molecule has 15 heteroatoms. The molecule has 3 rings (SSSR count). The lowest BCUT2D eigenvalue weighted by atomic mass is 10.0. The molecule has 3 heterocycles. The Bertz CT molecular complexity index is 1020. The van der Waals surface area contributed by atoms with Gasteiger partial charge in [-0.15, -0.1) is 11.8 Å². The van der Waals surface area contributed by atoms with Gasteiger partial charge in [-0.1, -0.05) is 5.16 Å². The predicted molar refractivity (Wildman–Crippen MR) is 109 cm³/mol. The zero-order chi connectivity index (χ0) is 22.9. The highest BCUT2D eigenvalue weighted by molar-refractivity contribution is 8.03. The molecular formula is C16H17N5O8S2. The Labute approximate surface area is 181 Å². The molecule has 13 nitrogen and oxygen atoms in total. The van der Waals surface area contributed by atoms with Crippen molar-refractivity contribution >= 4 is 57.2 Å². The summed E-state index contributed by atoms with van der Waals surface area (Å²) >= 11 is 1.20. The number of ether oxygens (including phenoxy) is 1. The lowest BCUT2D eigenvalue weighted by molar-refractivity contribution is -0.150. The molecule has 1 saturated heterocycles. The van der Waals surface area contributed by atoms with Crippen LogP contribution in [0.2, 0.25) is 0 Å². The van der Waals surface area contributed by atoms with E-state index in [1.165, 1.54) is 25.8 Å². The average molecular weight is 471 g/mol. The average Bonchev–Trinajstić information content (AvgIpc) is 3.05. The van der Waals surface area contributed by atoms with E-state index >= 15 is 0 Å². The zero-order valence-electron chi connectivity index (χ0n) is 16.2. The van der Waals surface area contributed by atoms with Gasteiger partial charge in [0.15, 0.2) is 10.9 Å². The van der Waals surface area contributed by atoms with Gasteiger partial charge in [0.05, 0.1) is 0 Å². The summed E-state index contributed by atoms with van der Waals surface area (Å²) in [5, 5.41) is 15.8. The van der Waals surface area contributed by atoms with Gasteiger partial charge in [0.25, 0.3) is 11.8 Å². The first-order valence-corrected chi connectivity index (χ1v) is 10.8. The lowest BCUT2D eigenvalue weighted by Crippen LogP contribution is -2.71. The molecule has 3 unspecified atom stereocenters. The number of amides is 2. The van der Waals surface area contributed by atoms with E-state index in [9.17, 15) is 28.5 Å². The largest absolute Gasteiger partial charge is 0.477 e. The van der Waals surface area contributed by atoms with Crippen molar-refractivity contribution in [2.75, 3.05) is 19.5 Å². The second kappa shape index (κ2) is 8.89. The molecule has 3 aliphatic rings. The molecule has 0 spiro atoms. The quantitative estimate of drug-likeness (QED) is 0.165. The molecule has 0 aliphatic carbocycles. The van der Waals surface area contributed by atoms with E-state index in [0.717, 1.165) is 10.3 Å². The molecule has 0 aromatic rings. The second-order valence-electron chi connectivity index (χ2n) is 6.27. The van der Waals surface area contributed by atoms with Crippen LogP contribution in [0.4, 0.5) is 0 Å². The van der Waals surface area contributed by atoms with Crippen molar-refractivity contribution in [3.63, 3.8) is 0 Å². The van der Waals surface area contributed by atoms with Crippen molar-refractivity contribution in [2.24, 2.45) is 15.9 Å². The summed E-state index contributed by atoms with van der Waals surface area (Å²) < 4.78 is 16.5. The van der Waals surface area contributed by atoms with Gasteiger partial charge in [0.2, 0.25) is 0 Å². The van der Waals surface area contributed by atoms with Crippen LogP contribution in [-0.2, 0) is 39.6 Å². The SMILES string of the molecule is CON=C(C(=O)NC1C(=O)N2C(C(=O)O)=C(COC(C)=O)CSC12)C1=CS(=O)C(N)=N1. The highest BCUT2D eigenvalue weighted by Crippen LogP contribution is 2.40. The highest BCUT2D eigenvalue weighted by Gasteiger charge is 2.54. The number of esters is 1. The minimum absolute atomic E-state index is 0.0788. The molecule has 4 N–H and O–H groups in total. The van der Waals surface area contributed by atoms with Gasteiger partial charge < -0.3 is 25.7 Å². The van der Waals surface area contributed by atoms with Gasteiger partial charge in [-0.25, -0.2) is 14.0 Å². The number of rotatable bonds is 7. The number of carbonyl (C=O) groups excluding carboxylic acids is 3.